The van der Waals surface area contributed by atoms with Crippen molar-refractivity contribution in [1.29, 1.82) is 0 Å². The summed E-state index contributed by atoms with van der Waals surface area (Å²) in [6, 6.07) is 0. The molecule has 0 aliphatic rings. The number of carbonyl (C=O) groups is 1. The maximum absolute atomic E-state index is 10.3. The van der Waals surface area contributed by atoms with E-state index in [-0.39, 0.29) is 5.12 Å². The van der Waals surface area contributed by atoms with E-state index in [4.69, 9.17) is 4.55 Å². The van der Waals surface area contributed by atoms with Crippen molar-refractivity contribution in [2.45, 2.75) is 26.2 Å². The molecule has 3 heteroatoms. The first-order valence-corrected chi connectivity index (χ1v) is 3.42. The zero-order valence-corrected chi connectivity index (χ0v) is 5.70. The summed E-state index contributed by atoms with van der Waals surface area (Å²) in [5, 5.41) is -0.133. The maximum atomic E-state index is 10.3. The van der Waals surface area contributed by atoms with E-state index in [2.05, 4.69) is 0 Å². The highest BCUT2D eigenvalue weighted by molar-refractivity contribution is 8.08. The molecular formula is C5H10O2S. The van der Waals surface area contributed by atoms with Gasteiger partial charge >= 0.3 is 0 Å². The average molecular weight is 134 g/mol. The predicted molar refractivity (Wildman–Crippen MR) is 34.8 cm³/mol. The van der Waals surface area contributed by atoms with Crippen molar-refractivity contribution >= 4 is 17.2 Å². The van der Waals surface area contributed by atoms with Gasteiger partial charge in [-0.25, -0.2) is 0 Å². The van der Waals surface area contributed by atoms with E-state index in [0.717, 1.165) is 12.8 Å². The van der Waals surface area contributed by atoms with Crippen LogP contribution in [0.15, 0.2) is 0 Å². The summed E-state index contributed by atoms with van der Waals surface area (Å²) >= 11 is 0.326. The highest BCUT2D eigenvalue weighted by atomic mass is 32.2. The molecule has 0 bridgehead atoms. The first kappa shape index (κ1) is 7.98. The van der Waals surface area contributed by atoms with Crippen molar-refractivity contribution in [1.82, 2.24) is 0 Å². The summed E-state index contributed by atoms with van der Waals surface area (Å²) in [5.74, 6) is 0. The molecule has 48 valence electrons. The Morgan fingerprint density at radius 1 is 1.75 bits per heavy atom. The first-order valence-electron chi connectivity index (χ1n) is 2.65. The minimum Gasteiger partial charge on any atom is -0.323 e. The van der Waals surface area contributed by atoms with Crippen LogP contribution in [0.5, 0.6) is 0 Å². The summed E-state index contributed by atoms with van der Waals surface area (Å²) in [6.07, 6.45) is 2.39. The Bertz CT molecular complexity index is 72.8. The molecule has 0 amide bonds. The molecule has 0 aromatic heterocycles. The van der Waals surface area contributed by atoms with Crippen LogP contribution in [0, 0.1) is 0 Å². The zero-order valence-electron chi connectivity index (χ0n) is 4.89. The van der Waals surface area contributed by atoms with E-state index in [0.29, 0.717) is 18.5 Å². The molecule has 0 fully saturated rings. The lowest BCUT2D eigenvalue weighted by Gasteiger charge is -1.89. The topological polar surface area (TPSA) is 37.3 Å². The molecule has 0 aliphatic carbocycles. The van der Waals surface area contributed by atoms with Crippen LogP contribution in [0.4, 0.5) is 0 Å². The third-order valence-electron chi connectivity index (χ3n) is 0.836. The predicted octanol–water partition coefficient (Wildman–Crippen LogP) is 1.91. The van der Waals surface area contributed by atoms with E-state index in [1.54, 1.807) is 0 Å². The van der Waals surface area contributed by atoms with Gasteiger partial charge in [0.05, 0.1) is 12.0 Å². The third kappa shape index (κ3) is 4.15. The van der Waals surface area contributed by atoms with Gasteiger partial charge in [0.2, 0.25) is 5.12 Å². The lowest BCUT2D eigenvalue weighted by molar-refractivity contribution is -0.111. The number of rotatable bonds is 3. The summed E-state index contributed by atoms with van der Waals surface area (Å²) in [4.78, 5) is 10.3. The molecule has 1 N–H and O–H groups in total. The summed E-state index contributed by atoms with van der Waals surface area (Å²) in [6.45, 7) is 2.01. The Morgan fingerprint density at radius 2 is 2.38 bits per heavy atom. The van der Waals surface area contributed by atoms with Gasteiger partial charge in [-0.15, -0.1) is 0 Å². The average Bonchev–Trinajstić information content (AvgIpc) is 1.83. The lowest BCUT2D eigenvalue weighted by Crippen LogP contribution is -1.87. The molecule has 0 saturated carbocycles. The second-order valence-electron chi connectivity index (χ2n) is 1.57. The molecule has 2 nitrogen and oxygen atoms in total. The van der Waals surface area contributed by atoms with Crippen LogP contribution < -0.4 is 0 Å². The van der Waals surface area contributed by atoms with Crippen molar-refractivity contribution in [3.63, 3.8) is 0 Å². The molecular weight excluding hydrogens is 124 g/mol. The molecule has 0 heterocycles. The van der Waals surface area contributed by atoms with Crippen molar-refractivity contribution in [3.05, 3.63) is 0 Å². The highest BCUT2D eigenvalue weighted by Gasteiger charge is 1.96. The molecule has 0 aliphatic heterocycles. The molecule has 0 spiro atoms. The van der Waals surface area contributed by atoms with Gasteiger partial charge in [0.25, 0.3) is 0 Å². The minimum atomic E-state index is -0.133. The van der Waals surface area contributed by atoms with Crippen LogP contribution in [0.2, 0.25) is 0 Å². The molecule has 8 heavy (non-hydrogen) atoms. The number of carbonyl (C=O) groups excluding carboxylic acids is 1. The van der Waals surface area contributed by atoms with E-state index in [9.17, 15) is 4.79 Å². The van der Waals surface area contributed by atoms with Crippen LogP contribution in [0.3, 0.4) is 0 Å². The number of hydrogen-bond donors (Lipinski definition) is 1. The van der Waals surface area contributed by atoms with Crippen LogP contribution >= 0.6 is 12.0 Å². The van der Waals surface area contributed by atoms with Crippen molar-refractivity contribution in [2.75, 3.05) is 0 Å². The fourth-order valence-corrected chi connectivity index (χ4v) is 0.602. The Morgan fingerprint density at radius 3 is 2.75 bits per heavy atom. The smallest absolute Gasteiger partial charge is 0.215 e. The van der Waals surface area contributed by atoms with Crippen molar-refractivity contribution in [3.8, 4) is 0 Å². The third-order valence-corrected chi connectivity index (χ3v) is 1.24. The second kappa shape index (κ2) is 5.12. The molecule has 0 rings (SSSR count). The highest BCUT2D eigenvalue weighted by Crippen LogP contribution is 2.03. The standard InChI is InChI=1S/C5H10O2S/c1-2-3-4-5(6)8-7/h7H,2-4H2,1H3. The van der Waals surface area contributed by atoms with Crippen LogP contribution in [-0.2, 0) is 4.79 Å². The first-order chi connectivity index (χ1) is 3.81. The second-order valence-corrected chi connectivity index (χ2v) is 2.20. The molecule has 0 aromatic carbocycles. The summed E-state index contributed by atoms with van der Waals surface area (Å²) in [7, 11) is 0. The largest absolute Gasteiger partial charge is 0.323 e. The molecule has 0 atom stereocenters. The van der Waals surface area contributed by atoms with Gasteiger partial charge in [-0.3, -0.25) is 4.79 Å². The van der Waals surface area contributed by atoms with Gasteiger partial charge in [0, 0.05) is 6.42 Å². The van der Waals surface area contributed by atoms with Gasteiger partial charge in [-0.2, -0.15) is 0 Å². The van der Waals surface area contributed by atoms with Crippen LogP contribution in [0.1, 0.15) is 26.2 Å². The van der Waals surface area contributed by atoms with Gasteiger partial charge in [-0.1, -0.05) is 13.3 Å². The quantitative estimate of drug-likeness (QED) is 0.599. The normalized spacial score (nSPS) is 9.25. The van der Waals surface area contributed by atoms with Crippen LogP contribution in [0.25, 0.3) is 0 Å². The van der Waals surface area contributed by atoms with Gasteiger partial charge in [0.1, 0.15) is 0 Å². The monoisotopic (exact) mass is 134 g/mol. The summed E-state index contributed by atoms with van der Waals surface area (Å²) < 4.78 is 8.13. The molecule has 0 unspecified atom stereocenters. The van der Waals surface area contributed by atoms with Gasteiger partial charge < -0.3 is 4.55 Å². The zero-order chi connectivity index (χ0) is 6.41. The number of hydrogen-bond acceptors (Lipinski definition) is 3. The summed E-state index contributed by atoms with van der Waals surface area (Å²) in [5.41, 5.74) is 0. The Balaban J connectivity index is 2.99. The minimum absolute atomic E-state index is 0.133. The molecule has 0 aromatic rings. The molecule has 0 radical (unpaired) electrons. The van der Waals surface area contributed by atoms with Gasteiger partial charge in [-0.05, 0) is 6.42 Å². The Labute approximate surface area is 53.5 Å². The lowest BCUT2D eigenvalue weighted by atomic mass is 10.3. The van der Waals surface area contributed by atoms with Crippen molar-refractivity contribution < 1.29 is 9.35 Å². The fourth-order valence-electron chi connectivity index (χ4n) is 0.367. The van der Waals surface area contributed by atoms with E-state index in [1.807, 2.05) is 6.92 Å². The van der Waals surface area contributed by atoms with E-state index >= 15 is 0 Å². The Hall–Kier alpha value is -0.0200. The maximum Gasteiger partial charge on any atom is 0.215 e. The van der Waals surface area contributed by atoms with E-state index in [1.165, 1.54) is 0 Å². The number of unbranched alkanes of at least 4 members (excludes halogenated alkanes) is 1. The van der Waals surface area contributed by atoms with E-state index < -0.39 is 0 Å². The van der Waals surface area contributed by atoms with Crippen molar-refractivity contribution in [2.24, 2.45) is 0 Å². The Kier molecular flexibility index (Phi) is 5.11. The molecule has 0 saturated heterocycles. The van der Waals surface area contributed by atoms with Gasteiger partial charge in [0.15, 0.2) is 0 Å². The SMILES string of the molecule is CCCCC(=O)SO. The van der Waals surface area contributed by atoms with Crippen LogP contribution in [-0.4, -0.2) is 9.67 Å². The fraction of sp³-hybridized carbons (Fsp3) is 0.800.